The molecule has 2 nitrogen and oxygen atoms in total. The first kappa shape index (κ1) is 19.7. The normalized spacial score (nSPS) is 13.2. The largest absolute Gasteiger partial charge is 0.358 e. The predicted octanol–water partition coefficient (Wildman–Crippen LogP) is 5.08. The molecular weight excluding hydrogens is 308 g/mol. The van der Waals surface area contributed by atoms with Crippen molar-refractivity contribution in [3.05, 3.63) is 69.8 Å². The zero-order valence-corrected chi connectivity index (χ0v) is 16.9. The van der Waals surface area contributed by atoms with E-state index in [0.717, 1.165) is 22.3 Å². The highest BCUT2D eigenvalue weighted by molar-refractivity contribution is 5.43. The van der Waals surface area contributed by atoms with Crippen LogP contribution < -0.4 is 0 Å². The van der Waals surface area contributed by atoms with E-state index in [2.05, 4.69) is 53.7 Å². The minimum atomic E-state index is -2.02. The summed E-state index contributed by atoms with van der Waals surface area (Å²) in [6.07, 6.45) is 0. The molecule has 0 aliphatic carbocycles. The van der Waals surface area contributed by atoms with Crippen molar-refractivity contribution in [2.45, 2.75) is 72.0 Å². The highest BCUT2D eigenvalue weighted by Gasteiger charge is 2.31. The average molecular weight is 341 g/mol. The van der Waals surface area contributed by atoms with Crippen LogP contribution in [0, 0.1) is 13.8 Å². The number of hydrogen-bond acceptors (Lipinski definition) is 2. The van der Waals surface area contributed by atoms with Crippen LogP contribution in [0.5, 0.6) is 0 Å². The summed E-state index contributed by atoms with van der Waals surface area (Å²) in [4.78, 5) is 0. The maximum atomic E-state index is 11.0. The van der Waals surface area contributed by atoms with Crippen LogP contribution in [0.25, 0.3) is 0 Å². The molecule has 0 bridgehead atoms. The Morgan fingerprint density at radius 2 is 0.800 bits per heavy atom. The first-order valence-electron chi connectivity index (χ1n) is 8.91. The average Bonchev–Trinajstić information content (AvgIpc) is 2.44. The Bertz CT molecular complexity index is 706. The fourth-order valence-corrected chi connectivity index (χ4v) is 3.00. The molecule has 0 aliphatic heterocycles. The Kier molecular flexibility index (Phi) is 4.93. The molecule has 0 atom stereocenters. The maximum Gasteiger partial charge on any atom is 0.217 e. The van der Waals surface area contributed by atoms with Gasteiger partial charge in [-0.1, -0.05) is 76.9 Å². The van der Waals surface area contributed by atoms with Gasteiger partial charge in [0.25, 0.3) is 0 Å². The molecule has 0 fully saturated rings. The van der Waals surface area contributed by atoms with E-state index in [1.807, 2.05) is 38.1 Å². The monoisotopic (exact) mass is 340 g/mol. The molecule has 2 aromatic rings. The molecule has 0 aliphatic rings. The molecule has 0 unspecified atom stereocenters. The summed E-state index contributed by atoms with van der Waals surface area (Å²) in [5.74, 6) is -2.02. The molecule has 136 valence electrons. The molecule has 0 heterocycles. The minimum Gasteiger partial charge on any atom is -0.358 e. The van der Waals surface area contributed by atoms with Crippen LogP contribution in [0.3, 0.4) is 0 Å². The van der Waals surface area contributed by atoms with E-state index >= 15 is 0 Å². The summed E-state index contributed by atoms with van der Waals surface area (Å²) < 4.78 is 0. The van der Waals surface area contributed by atoms with Crippen LogP contribution in [-0.2, 0) is 16.6 Å². The summed E-state index contributed by atoms with van der Waals surface area (Å²) in [6.45, 7) is 16.8. The third-order valence-corrected chi connectivity index (χ3v) is 4.69. The van der Waals surface area contributed by atoms with Crippen molar-refractivity contribution < 1.29 is 10.2 Å². The Morgan fingerprint density at radius 3 is 1.08 bits per heavy atom. The Labute approximate surface area is 152 Å². The smallest absolute Gasteiger partial charge is 0.217 e. The molecule has 2 aromatic carbocycles. The second-order valence-corrected chi connectivity index (χ2v) is 9.35. The molecule has 25 heavy (non-hydrogen) atoms. The van der Waals surface area contributed by atoms with Crippen LogP contribution in [0.2, 0.25) is 0 Å². The lowest BCUT2D eigenvalue weighted by Crippen LogP contribution is -2.28. The van der Waals surface area contributed by atoms with Gasteiger partial charge in [0.2, 0.25) is 5.79 Å². The molecule has 2 rings (SSSR count). The van der Waals surface area contributed by atoms with Gasteiger partial charge in [0.05, 0.1) is 0 Å². The lowest BCUT2D eigenvalue weighted by Gasteiger charge is -2.29. The van der Waals surface area contributed by atoms with Crippen LogP contribution in [0.15, 0.2) is 36.4 Å². The van der Waals surface area contributed by atoms with Gasteiger partial charge in [-0.05, 0) is 47.9 Å². The van der Waals surface area contributed by atoms with Gasteiger partial charge in [0.1, 0.15) is 0 Å². The van der Waals surface area contributed by atoms with Crippen LogP contribution in [-0.4, -0.2) is 10.2 Å². The molecule has 0 aromatic heterocycles. The lowest BCUT2D eigenvalue weighted by atomic mass is 9.81. The zero-order chi connectivity index (χ0) is 19.2. The van der Waals surface area contributed by atoms with Gasteiger partial charge in [-0.3, -0.25) is 0 Å². The molecule has 0 spiro atoms. The van der Waals surface area contributed by atoms with Crippen molar-refractivity contribution in [2.75, 3.05) is 0 Å². The summed E-state index contributed by atoms with van der Waals surface area (Å²) in [5.41, 5.74) is 5.17. The lowest BCUT2D eigenvalue weighted by molar-refractivity contribution is -0.132. The van der Waals surface area contributed by atoms with Crippen LogP contribution in [0.1, 0.15) is 74.9 Å². The summed E-state index contributed by atoms with van der Waals surface area (Å²) in [5, 5.41) is 22.1. The summed E-state index contributed by atoms with van der Waals surface area (Å²) in [7, 11) is 0. The molecule has 0 saturated carbocycles. The van der Waals surface area contributed by atoms with Crippen molar-refractivity contribution in [3.63, 3.8) is 0 Å². The van der Waals surface area contributed by atoms with E-state index in [4.69, 9.17) is 0 Å². The quantitative estimate of drug-likeness (QED) is 0.748. The number of benzene rings is 2. The molecule has 2 heteroatoms. The van der Waals surface area contributed by atoms with Gasteiger partial charge in [-0.15, -0.1) is 0 Å². The zero-order valence-electron chi connectivity index (χ0n) is 16.9. The Balaban J connectivity index is 2.63. The van der Waals surface area contributed by atoms with Gasteiger partial charge in [0, 0.05) is 11.1 Å². The van der Waals surface area contributed by atoms with Crippen molar-refractivity contribution in [3.8, 4) is 0 Å². The van der Waals surface area contributed by atoms with Gasteiger partial charge in [-0.2, -0.15) is 0 Å². The van der Waals surface area contributed by atoms with E-state index < -0.39 is 5.79 Å². The Hall–Kier alpha value is -1.64. The van der Waals surface area contributed by atoms with Crippen molar-refractivity contribution in [1.29, 1.82) is 0 Å². The van der Waals surface area contributed by atoms with Gasteiger partial charge >= 0.3 is 0 Å². The third kappa shape index (κ3) is 4.31. The van der Waals surface area contributed by atoms with E-state index in [9.17, 15) is 10.2 Å². The van der Waals surface area contributed by atoms with Gasteiger partial charge < -0.3 is 10.2 Å². The third-order valence-electron chi connectivity index (χ3n) is 4.69. The van der Waals surface area contributed by atoms with E-state index in [-0.39, 0.29) is 10.8 Å². The van der Waals surface area contributed by atoms with E-state index in [1.54, 1.807) is 0 Å². The number of aliphatic hydroxyl groups is 2. The molecule has 0 radical (unpaired) electrons. The predicted molar refractivity (Wildman–Crippen MR) is 105 cm³/mol. The Morgan fingerprint density at radius 1 is 0.520 bits per heavy atom. The highest BCUT2D eigenvalue weighted by Crippen LogP contribution is 2.34. The summed E-state index contributed by atoms with van der Waals surface area (Å²) in [6, 6.07) is 11.7. The van der Waals surface area contributed by atoms with Crippen LogP contribution >= 0.6 is 0 Å². The van der Waals surface area contributed by atoms with Crippen molar-refractivity contribution in [2.24, 2.45) is 0 Å². The van der Waals surface area contributed by atoms with E-state index in [0.29, 0.717) is 11.1 Å². The number of aryl methyl sites for hydroxylation is 2. The molecular formula is C23H32O2. The SMILES string of the molecule is Cc1cc(C(C)(C)C)cc(C(O)(O)c2cc(C)cc(C(C)(C)C)c2)c1. The van der Waals surface area contributed by atoms with Crippen molar-refractivity contribution >= 4 is 0 Å². The highest BCUT2D eigenvalue weighted by atomic mass is 16.5. The maximum absolute atomic E-state index is 11.0. The standard InChI is InChI=1S/C23H32O2/c1-15-9-17(21(3,4)5)13-19(11-15)23(24,25)20-12-16(2)10-18(14-20)22(6,7)8/h9-14,24-25H,1-8H3. The molecule has 2 N–H and O–H groups in total. The second kappa shape index (κ2) is 6.26. The molecule has 0 amide bonds. The topological polar surface area (TPSA) is 40.5 Å². The first-order valence-corrected chi connectivity index (χ1v) is 8.91. The fraction of sp³-hybridized carbons (Fsp3) is 0.478. The number of hydrogen-bond donors (Lipinski definition) is 2. The second-order valence-electron chi connectivity index (χ2n) is 9.35. The van der Waals surface area contributed by atoms with Crippen molar-refractivity contribution in [1.82, 2.24) is 0 Å². The molecule has 0 saturated heterocycles. The first-order chi connectivity index (χ1) is 11.2. The van der Waals surface area contributed by atoms with Gasteiger partial charge in [-0.25, -0.2) is 0 Å². The fourth-order valence-electron chi connectivity index (χ4n) is 3.00. The minimum absolute atomic E-state index is 0.0555. The summed E-state index contributed by atoms with van der Waals surface area (Å²) >= 11 is 0. The van der Waals surface area contributed by atoms with E-state index in [1.165, 1.54) is 0 Å². The van der Waals surface area contributed by atoms with Crippen LogP contribution in [0.4, 0.5) is 0 Å². The van der Waals surface area contributed by atoms with Gasteiger partial charge in [0.15, 0.2) is 0 Å². The number of rotatable bonds is 2.